The number of pyridine rings is 1. The number of aryl methyl sites for hydroxylation is 1. The molecule has 0 fully saturated rings. The fraction of sp³-hybridized carbons (Fsp3) is 0.529. The Hall–Kier alpha value is -2.44. The number of H-pyrrole nitrogens is 1. The van der Waals surface area contributed by atoms with Crippen LogP contribution in [0, 0.1) is 12.8 Å². The van der Waals surface area contributed by atoms with Gasteiger partial charge in [0.15, 0.2) is 5.82 Å². The number of rotatable bonds is 7. The zero-order chi connectivity index (χ0) is 17.7. The van der Waals surface area contributed by atoms with E-state index in [0.29, 0.717) is 11.4 Å². The molecule has 0 spiro atoms. The average Bonchev–Trinajstić information content (AvgIpc) is 3.00. The highest BCUT2D eigenvalue weighted by atomic mass is 16.1. The lowest BCUT2D eigenvalue weighted by molar-refractivity contribution is 0.0923. The third kappa shape index (κ3) is 4.10. The van der Waals surface area contributed by atoms with E-state index in [1.54, 1.807) is 12.3 Å². The van der Waals surface area contributed by atoms with Gasteiger partial charge in [-0.2, -0.15) is 5.10 Å². The lowest BCUT2D eigenvalue weighted by atomic mass is 10.0. The number of aromatic amines is 1. The first-order valence-corrected chi connectivity index (χ1v) is 8.37. The minimum Gasteiger partial charge on any atom is -0.357 e. The van der Waals surface area contributed by atoms with E-state index in [1.807, 2.05) is 26.8 Å². The lowest BCUT2D eigenvalue weighted by Crippen LogP contribution is -2.32. The van der Waals surface area contributed by atoms with Crippen molar-refractivity contribution in [3.05, 3.63) is 35.5 Å². The van der Waals surface area contributed by atoms with Gasteiger partial charge in [-0.1, -0.05) is 13.8 Å². The summed E-state index contributed by atoms with van der Waals surface area (Å²) in [5, 5.41) is 9.99. The van der Waals surface area contributed by atoms with Crippen LogP contribution in [0.4, 0.5) is 5.82 Å². The second-order valence-corrected chi connectivity index (χ2v) is 6.05. The van der Waals surface area contributed by atoms with Gasteiger partial charge >= 0.3 is 0 Å². The average molecular weight is 330 g/mol. The Labute approximate surface area is 142 Å². The van der Waals surface area contributed by atoms with Crippen molar-refractivity contribution in [1.82, 2.24) is 25.5 Å². The Balaban J connectivity index is 2.12. The number of carbonyl (C=O) groups is 1. The molecule has 0 aliphatic heterocycles. The molecule has 0 aliphatic carbocycles. The molecular formula is C17H26N6O. The predicted molar refractivity (Wildman–Crippen MR) is 94.0 cm³/mol. The van der Waals surface area contributed by atoms with Crippen LogP contribution in [0.1, 0.15) is 55.7 Å². The van der Waals surface area contributed by atoms with Crippen molar-refractivity contribution in [2.75, 3.05) is 18.0 Å². The molecule has 0 saturated carbocycles. The molecule has 7 nitrogen and oxygen atoms in total. The topological polar surface area (TPSA) is 86.8 Å². The number of nitrogens with zero attached hydrogens (tertiary/aromatic N) is 4. The van der Waals surface area contributed by atoms with E-state index in [2.05, 4.69) is 44.2 Å². The number of aromatic nitrogens is 4. The predicted octanol–water partition coefficient (Wildman–Crippen LogP) is 2.48. The molecule has 1 atom stereocenters. The van der Waals surface area contributed by atoms with Crippen LogP contribution >= 0.6 is 0 Å². The summed E-state index contributed by atoms with van der Waals surface area (Å²) in [5.41, 5.74) is 0.531. The van der Waals surface area contributed by atoms with Gasteiger partial charge in [-0.05, 0) is 38.8 Å². The van der Waals surface area contributed by atoms with Crippen molar-refractivity contribution < 1.29 is 4.79 Å². The molecule has 0 aromatic carbocycles. The minimum atomic E-state index is -0.245. The molecule has 2 aromatic heterocycles. The largest absolute Gasteiger partial charge is 0.357 e. The smallest absolute Gasteiger partial charge is 0.253 e. The third-order valence-corrected chi connectivity index (χ3v) is 3.94. The van der Waals surface area contributed by atoms with Gasteiger partial charge in [0.25, 0.3) is 5.91 Å². The molecule has 0 saturated heterocycles. The minimum absolute atomic E-state index is 0.172. The summed E-state index contributed by atoms with van der Waals surface area (Å²) in [6, 6.07) is 3.43. The summed E-state index contributed by atoms with van der Waals surface area (Å²) in [5.74, 6) is 2.21. The number of anilines is 1. The third-order valence-electron chi connectivity index (χ3n) is 3.94. The molecule has 2 heterocycles. The Kier molecular flexibility index (Phi) is 5.89. The Morgan fingerprint density at radius 3 is 2.46 bits per heavy atom. The van der Waals surface area contributed by atoms with Gasteiger partial charge < -0.3 is 10.2 Å². The summed E-state index contributed by atoms with van der Waals surface area (Å²) >= 11 is 0. The maximum absolute atomic E-state index is 12.5. The molecule has 0 unspecified atom stereocenters. The number of carbonyl (C=O) groups excluding carboxylic acids is 1. The first-order chi connectivity index (χ1) is 11.5. The van der Waals surface area contributed by atoms with Crippen LogP contribution in [0.25, 0.3) is 0 Å². The summed E-state index contributed by atoms with van der Waals surface area (Å²) in [4.78, 5) is 23.4. The van der Waals surface area contributed by atoms with Crippen molar-refractivity contribution in [2.24, 2.45) is 5.92 Å². The maximum atomic E-state index is 12.5. The molecule has 1 amide bonds. The fourth-order valence-corrected chi connectivity index (χ4v) is 2.51. The lowest BCUT2D eigenvalue weighted by Gasteiger charge is -2.21. The van der Waals surface area contributed by atoms with E-state index < -0.39 is 0 Å². The SMILES string of the molecule is CCN(CC)c1ccc(C(=O)N[C@@H](c2n[nH]c(C)n2)C(C)C)cn1. The van der Waals surface area contributed by atoms with E-state index >= 15 is 0 Å². The van der Waals surface area contributed by atoms with Crippen LogP contribution in [-0.2, 0) is 0 Å². The highest BCUT2D eigenvalue weighted by molar-refractivity contribution is 5.94. The van der Waals surface area contributed by atoms with Gasteiger partial charge in [-0.15, -0.1) is 0 Å². The van der Waals surface area contributed by atoms with Crippen LogP contribution in [0.2, 0.25) is 0 Å². The van der Waals surface area contributed by atoms with Crippen molar-refractivity contribution in [1.29, 1.82) is 0 Å². The number of amides is 1. The number of nitrogens with one attached hydrogen (secondary N) is 2. The van der Waals surface area contributed by atoms with E-state index in [1.165, 1.54) is 0 Å². The standard InChI is InChI=1S/C17H26N6O/c1-6-23(7-2)14-9-8-13(10-18-14)17(24)20-15(11(3)4)16-19-12(5)21-22-16/h8-11,15H,6-7H2,1-5H3,(H,20,24)(H,19,21,22)/t15-/m1/s1. The summed E-state index contributed by atoms with van der Waals surface area (Å²) in [6.45, 7) is 11.8. The van der Waals surface area contributed by atoms with Gasteiger partial charge in [0, 0.05) is 19.3 Å². The molecule has 2 aromatic rings. The highest BCUT2D eigenvalue weighted by Crippen LogP contribution is 2.19. The number of hydrogen-bond donors (Lipinski definition) is 2. The van der Waals surface area contributed by atoms with Crippen molar-refractivity contribution in [3.8, 4) is 0 Å². The molecule has 130 valence electrons. The summed E-state index contributed by atoms with van der Waals surface area (Å²) in [7, 11) is 0. The Morgan fingerprint density at radius 1 is 1.29 bits per heavy atom. The fourth-order valence-electron chi connectivity index (χ4n) is 2.51. The van der Waals surface area contributed by atoms with E-state index in [-0.39, 0.29) is 17.9 Å². The molecular weight excluding hydrogens is 304 g/mol. The van der Waals surface area contributed by atoms with Gasteiger partial charge in [0.05, 0.1) is 11.6 Å². The van der Waals surface area contributed by atoms with Crippen molar-refractivity contribution in [2.45, 2.75) is 40.7 Å². The Morgan fingerprint density at radius 2 is 2.00 bits per heavy atom. The number of hydrogen-bond acceptors (Lipinski definition) is 5. The van der Waals surface area contributed by atoms with E-state index in [0.717, 1.165) is 24.7 Å². The first-order valence-electron chi connectivity index (χ1n) is 8.37. The second kappa shape index (κ2) is 7.90. The zero-order valence-corrected chi connectivity index (χ0v) is 15.0. The van der Waals surface area contributed by atoms with E-state index in [9.17, 15) is 4.79 Å². The van der Waals surface area contributed by atoms with Crippen molar-refractivity contribution in [3.63, 3.8) is 0 Å². The molecule has 0 bridgehead atoms. The highest BCUT2D eigenvalue weighted by Gasteiger charge is 2.23. The summed E-state index contributed by atoms with van der Waals surface area (Å²) in [6.07, 6.45) is 1.61. The van der Waals surface area contributed by atoms with Crippen LogP contribution in [-0.4, -0.2) is 39.2 Å². The first kappa shape index (κ1) is 17.9. The molecule has 2 N–H and O–H groups in total. The normalized spacial score (nSPS) is 12.2. The zero-order valence-electron chi connectivity index (χ0n) is 15.0. The molecule has 24 heavy (non-hydrogen) atoms. The molecule has 0 aliphatic rings. The maximum Gasteiger partial charge on any atom is 0.253 e. The quantitative estimate of drug-likeness (QED) is 0.814. The van der Waals surface area contributed by atoms with Crippen molar-refractivity contribution >= 4 is 11.7 Å². The van der Waals surface area contributed by atoms with Crippen LogP contribution in [0.3, 0.4) is 0 Å². The van der Waals surface area contributed by atoms with E-state index in [4.69, 9.17) is 0 Å². The van der Waals surface area contributed by atoms with Crippen LogP contribution < -0.4 is 10.2 Å². The summed E-state index contributed by atoms with van der Waals surface area (Å²) < 4.78 is 0. The molecule has 2 rings (SSSR count). The van der Waals surface area contributed by atoms with Gasteiger partial charge in [-0.25, -0.2) is 9.97 Å². The second-order valence-electron chi connectivity index (χ2n) is 6.05. The molecule has 7 heteroatoms. The monoisotopic (exact) mass is 330 g/mol. The van der Waals surface area contributed by atoms with Gasteiger partial charge in [-0.3, -0.25) is 9.89 Å². The van der Waals surface area contributed by atoms with Crippen LogP contribution in [0.5, 0.6) is 0 Å². The Bertz CT molecular complexity index is 660. The van der Waals surface area contributed by atoms with Gasteiger partial charge in [0.1, 0.15) is 11.6 Å². The van der Waals surface area contributed by atoms with Gasteiger partial charge in [0.2, 0.25) is 0 Å². The molecule has 0 radical (unpaired) electrons. The van der Waals surface area contributed by atoms with Crippen LogP contribution in [0.15, 0.2) is 18.3 Å².